The van der Waals surface area contributed by atoms with E-state index in [1.807, 2.05) is 42.5 Å². The number of hydrogen-bond acceptors (Lipinski definition) is 4. The molecule has 1 amide bonds. The number of hydrogen-bond donors (Lipinski definition) is 2. The van der Waals surface area contributed by atoms with Crippen molar-refractivity contribution >= 4 is 27.6 Å². The van der Waals surface area contributed by atoms with Gasteiger partial charge in [-0.05, 0) is 40.5 Å². The van der Waals surface area contributed by atoms with Crippen molar-refractivity contribution < 1.29 is 9.53 Å². The Kier molecular flexibility index (Phi) is 5.49. The van der Waals surface area contributed by atoms with Crippen molar-refractivity contribution in [2.24, 2.45) is 0 Å². The lowest BCUT2D eigenvalue weighted by Gasteiger charge is -2.14. The molecule has 5 rings (SSSR count). The number of carbonyl (C=O) groups is 1. The van der Waals surface area contributed by atoms with E-state index in [0.717, 1.165) is 15.8 Å². The molecular formula is C26H20N2O3S. The summed E-state index contributed by atoms with van der Waals surface area (Å²) in [4.78, 5) is 26.3. The molecule has 0 saturated carbocycles. The third-order valence-corrected chi connectivity index (χ3v) is 6.36. The third-order valence-electron chi connectivity index (χ3n) is 5.52. The number of aromatic amines is 1. The van der Waals surface area contributed by atoms with Crippen LogP contribution in [0.3, 0.4) is 0 Å². The highest BCUT2D eigenvalue weighted by Crippen LogP contribution is 2.44. The lowest BCUT2D eigenvalue weighted by atomic mass is 9.98. The number of benzene rings is 3. The molecule has 3 aromatic carbocycles. The number of rotatable bonds is 4. The van der Waals surface area contributed by atoms with E-state index in [0.29, 0.717) is 19.6 Å². The van der Waals surface area contributed by atoms with Crippen LogP contribution in [-0.4, -0.2) is 24.2 Å². The molecule has 1 aromatic heterocycles. The van der Waals surface area contributed by atoms with Gasteiger partial charge < -0.3 is 15.0 Å². The first-order chi connectivity index (χ1) is 15.7. The maximum Gasteiger partial charge on any atom is 0.407 e. The monoisotopic (exact) mass is 440 g/mol. The fourth-order valence-corrected chi connectivity index (χ4v) is 4.84. The quantitative estimate of drug-likeness (QED) is 0.351. The van der Waals surface area contributed by atoms with Gasteiger partial charge >= 0.3 is 11.0 Å². The van der Waals surface area contributed by atoms with E-state index >= 15 is 0 Å². The highest BCUT2D eigenvalue weighted by molar-refractivity contribution is 7.16. The molecule has 0 saturated heterocycles. The molecule has 0 fully saturated rings. The average Bonchev–Trinajstić information content (AvgIpc) is 3.34. The summed E-state index contributed by atoms with van der Waals surface area (Å²) >= 11 is 1.17. The Morgan fingerprint density at radius 3 is 2.50 bits per heavy atom. The molecular weight excluding hydrogens is 420 g/mol. The predicted octanol–water partition coefficient (Wildman–Crippen LogP) is 4.87. The second kappa shape index (κ2) is 8.74. The fraction of sp³-hybridized carbons (Fsp3) is 0.154. The van der Waals surface area contributed by atoms with E-state index in [4.69, 9.17) is 4.74 Å². The SMILES string of the molecule is O=C(NCCC#Cc1ccc2[nH]c(=O)sc2c1)OCC1c2ccccc2-c2ccccc21. The van der Waals surface area contributed by atoms with Gasteiger partial charge in [0.05, 0.1) is 10.2 Å². The van der Waals surface area contributed by atoms with Gasteiger partial charge in [-0.2, -0.15) is 0 Å². The van der Waals surface area contributed by atoms with Crippen LogP contribution in [0.2, 0.25) is 0 Å². The number of carbonyl (C=O) groups excluding carboxylic acids is 1. The normalized spacial score (nSPS) is 12.0. The number of ether oxygens (including phenoxy) is 1. The number of thiazole rings is 1. The highest BCUT2D eigenvalue weighted by atomic mass is 32.1. The lowest BCUT2D eigenvalue weighted by Crippen LogP contribution is -2.26. The van der Waals surface area contributed by atoms with Crippen LogP contribution in [0.4, 0.5) is 4.79 Å². The van der Waals surface area contributed by atoms with Gasteiger partial charge in [0.1, 0.15) is 6.61 Å². The van der Waals surface area contributed by atoms with E-state index in [-0.39, 0.29) is 10.8 Å². The van der Waals surface area contributed by atoms with Crippen molar-refractivity contribution in [1.29, 1.82) is 0 Å². The summed E-state index contributed by atoms with van der Waals surface area (Å²) in [6, 6.07) is 22.1. The van der Waals surface area contributed by atoms with Crippen LogP contribution in [0.15, 0.2) is 71.5 Å². The zero-order valence-electron chi connectivity index (χ0n) is 17.2. The van der Waals surface area contributed by atoms with Crippen molar-refractivity contribution in [2.75, 3.05) is 13.2 Å². The van der Waals surface area contributed by atoms with E-state index in [1.165, 1.54) is 33.6 Å². The minimum Gasteiger partial charge on any atom is -0.449 e. The summed E-state index contributed by atoms with van der Waals surface area (Å²) in [5.41, 5.74) is 6.46. The van der Waals surface area contributed by atoms with Gasteiger partial charge in [0, 0.05) is 24.4 Å². The van der Waals surface area contributed by atoms with Crippen LogP contribution in [-0.2, 0) is 4.74 Å². The molecule has 0 spiro atoms. The van der Waals surface area contributed by atoms with Crippen LogP contribution in [0.5, 0.6) is 0 Å². The fourth-order valence-electron chi connectivity index (χ4n) is 4.06. The first-order valence-corrected chi connectivity index (χ1v) is 11.2. The zero-order valence-corrected chi connectivity index (χ0v) is 18.0. The predicted molar refractivity (Wildman–Crippen MR) is 127 cm³/mol. The molecule has 32 heavy (non-hydrogen) atoms. The Morgan fingerprint density at radius 2 is 1.75 bits per heavy atom. The molecule has 0 bridgehead atoms. The van der Waals surface area contributed by atoms with Crippen molar-refractivity contribution in [3.05, 3.63) is 93.1 Å². The van der Waals surface area contributed by atoms with Gasteiger partial charge in [-0.25, -0.2) is 4.79 Å². The summed E-state index contributed by atoms with van der Waals surface area (Å²) in [6.07, 6.45) is 0.0678. The smallest absolute Gasteiger partial charge is 0.407 e. The van der Waals surface area contributed by atoms with Gasteiger partial charge in [0.25, 0.3) is 0 Å². The molecule has 4 aromatic rings. The van der Waals surface area contributed by atoms with Gasteiger partial charge in [0.2, 0.25) is 0 Å². The minimum absolute atomic E-state index is 0.0481. The number of alkyl carbamates (subject to hydrolysis) is 1. The Hall–Kier alpha value is -3.82. The van der Waals surface area contributed by atoms with Crippen molar-refractivity contribution in [1.82, 2.24) is 10.3 Å². The molecule has 2 N–H and O–H groups in total. The number of amides is 1. The van der Waals surface area contributed by atoms with Crippen LogP contribution in [0, 0.1) is 11.8 Å². The topological polar surface area (TPSA) is 71.2 Å². The summed E-state index contributed by atoms with van der Waals surface area (Å²) in [5, 5.41) is 2.77. The zero-order chi connectivity index (χ0) is 21.9. The number of fused-ring (bicyclic) bond motifs is 4. The molecule has 0 radical (unpaired) electrons. The van der Waals surface area contributed by atoms with Crippen molar-refractivity contribution in [3.63, 3.8) is 0 Å². The molecule has 0 aliphatic heterocycles. The lowest BCUT2D eigenvalue weighted by molar-refractivity contribution is 0.143. The van der Waals surface area contributed by atoms with Crippen LogP contribution in [0.1, 0.15) is 29.0 Å². The third kappa shape index (κ3) is 4.03. The summed E-state index contributed by atoms with van der Waals surface area (Å²) < 4.78 is 6.41. The van der Waals surface area contributed by atoms with Crippen LogP contribution < -0.4 is 10.2 Å². The maximum atomic E-state index is 12.2. The summed E-state index contributed by atoms with van der Waals surface area (Å²) in [5.74, 6) is 6.16. The van der Waals surface area contributed by atoms with Gasteiger partial charge in [-0.3, -0.25) is 4.79 Å². The van der Waals surface area contributed by atoms with Gasteiger partial charge in [-0.1, -0.05) is 71.7 Å². The number of H-pyrrole nitrogens is 1. The molecule has 1 aliphatic rings. The molecule has 0 atom stereocenters. The van der Waals surface area contributed by atoms with Gasteiger partial charge in [0.15, 0.2) is 0 Å². The minimum atomic E-state index is -0.438. The molecule has 1 aliphatic carbocycles. The largest absolute Gasteiger partial charge is 0.449 e. The van der Waals surface area contributed by atoms with Gasteiger partial charge in [-0.15, -0.1) is 0 Å². The highest BCUT2D eigenvalue weighted by Gasteiger charge is 2.28. The number of aromatic nitrogens is 1. The molecule has 158 valence electrons. The second-order valence-electron chi connectivity index (χ2n) is 7.53. The Balaban J connectivity index is 1.14. The summed E-state index contributed by atoms with van der Waals surface area (Å²) in [7, 11) is 0. The second-order valence-corrected chi connectivity index (χ2v) is 8.54. The van der Waals surface area contributed by atoms with E-state index in [9.17, 15) is 9.59 Å². The standard InChI is InChI=1S/C26H20N2O3S/c29-25(27-14-6-5-7-17-12-13-23-24(15-17)32-26(30)28-23)31-16-22-20-10-3-1-8-18(20)19-9-2-4-11-21(19)22/h1-4,8-13,15,22H,6,14,16H2,(H,27,29)(H,28,30). The van der Waals surface area contributed by atoms with Crippen molar-refractivity contribution in [2.45, 2.75) is 12.3 Å². The average molecular weight is 441 g/mol. The summed E-state index contributed by atoms with van der Waals surface area (Å²) in [6.45, 7) is 0.703. The molecule has 5 nitrogen and oxygen atoms in total. The first kappa shape index (κ1) is 20.1. The van der Waals surface area contributed by atoms with Crippen molar-refractivity contribution in [3.8, 4) is 23.0 Å². The number of nitrogens with one attached hydrogen (secondary N) is 2. The van der Waals surface area contributed by atoms with Crippen LogP contribution >= 0.6 is 11.3 Å². The Labute approximate surface area is 189 Å². The first-order valence-electron chi connectivity index (χ1n) is 10.4. The molecule has 1 heterocycles. The van der Waals surface area contributed by atoms with E-state index < -0.39 is 6.09 Å². The molecule has 0 unspecified atom stereocenters. The van der Waals surface area contributed by atoms with E-state index in [1.54, 1.807) is 0 Å². The Bertz CT molecular complexity index is 1380. The van der Waals surface area contributed by atoms with E-state index in [2.05, 4.69) is 46.4 Å². The van der Waals surface area contributed by atoms with Crippen LogP contribution in [0.25, 0.3) is 21.3 Å². The Morgan fingerprint density at radius 1 is 1.03 bits per heavy atom. The molecule has 6 heteroatoms. The maximum absolute atomic E-state index is 12.2.